The highest BCUT2D eigenvalue weighted by atomic mass is 79.9. The summed E-state index contributed by atoms with van der Waals surface area (Å²) in [7, 11) is 3.25. The predicted molar refractivity (Wildman–Crippen MR) is 143 cm³/mol. The Hall–Kier alpha value is -0.970. The first kappa shape index (κ1) is 28.6. The first-order valence-electron chi connectivity index (χ1n) is 11.9. The Balaban J connectivity index is 1.91. The SMILES string of the molecule is CCSC[C@H]1O[C@H](OC)[C@@H](OC(C)(CBr)OC)[C@@H](OCc2ccccc2)[C@@H]1OCc1ccccc1. The molecule has 0 saturated carbocycles. The lowest BCUT2D eigenvalue weighted by Crippen LogP contribution is -2.63. The summed E-state index contributed by atoms with van der Waals surface area (Å²) in [6, 6.07) is 20.2. The summed E-state index contributed by atoms with van der Waals surface area (Å²) in [4.78, 5) is 0. The zero-order valence-electron chi connectivity index (χ0n) is 20.9. The van der Waals surface area contributed by atoms with Gasteiger partial charge in [-0.05, 0) is 23.8 Å². The summed E-state index contributed by atoms with van der Waals surface area (Å²) in [5.74, 6) is 0.839. The van der Waals surface area contributed by atoms with Gasteiger partial charge in [-0.25, -0.2) is 0 Å². The summed E-state index contributed by atoms with van der Waals surface area (Å²) >= 11 is 5.32. The summed E-state index contributed by atoms with van der Waals surface area (Å²) in [6.07, 6.45) is -2.26. The molecule has 0 aromatic heterocycles. The highest BCUT2D eigenvalue weighted by molar-refractivity contribution is 9.09. The number of thioether (sulfide) groups is 1. The Bertz CT molecular complexity index is 838. The third-order valence-corrected chi connectivity index (χ3v) is 7.93. The van der Waals surface area contributed by atoms with E-state index in [4.69, 9.17) is 28.4 Å². The Kier molecular flexibility index (Phi) is 12.0. The van der Waals surface area contributed by atoms with Gasteiger partial charge in [0, 0.05) is 20.0 Å². The lowest BCUT2D eigenvalue weighted by atomic mass is 9.98. The Morgan fingerprint density at radius 1 is 0.886 bits per heavy atom. The molecule has 1 unspecified atom stereocenters. The van der Waals surface area contributed by atoms with Crippen molar-refractivity contribution in [3.63, 3.8) is 0 Å². The van der Waals surface area contributed by atoms with Crippen molar-refractivity contribution < 1.29 is 28.4 Å². The minimum atomic E-state index is -0.895. The third-order valence-electron chi connectivity index (χ3n) is 5.94. The average Bonchev–Trinajstić information content (AvgIpc) is 2.91. The molecule has 0 bridgehead atoms. The molecule has 2 aromatic carbocycles. The summed E-state index contributed by atoms with van der Waals surface area (Å²) < 4.78 is 37.5. The molecule has 1 aliphatic rings. The fourth-order valence-corrected chi connectivity index (χ4v) is 5.01. The van der Waals surface area contributed by atoms with Gasteiger partial charge >= 0.3 is 0 Å². The van der Waals surface area contributed by atoms with E-state index in [9.17, 15) is 0 Å². The molecule has 6 nitrogen and oxygen atoms in total. The minimum Gasteiger partial charge on any atom is -0.368 e. The van der Waals surface area contributed by atoms with Gasteiger partial charge in [-0.15, -0.1) is 0 Å². The Morgan fingerprint density at radius 3 is 1.94 bits per heavy atom. The highest BCUT2D eigenvalue weighted by Crippen LogP contribution is 2.34. The molecule has 0 spiro atoms. The summed E-state index contributed by atoms with van der Waals surface area (Å²) in [5, 5.41) is 0.472. The Labute approximate surface area is 222 Å². The van der Waals surface area contributed by atoms with Gasteiger partial charge in [-0.2, -0.15) is 11.8 Å². The molecule has 35 heavy (non-hydrogen) atoms. The van der Waals surface area contributed by atoms with Gasteiger partial charge in [0.15, 0.2) is 12.1 Å². The molecule has 0 radical (unpaired) electrons. The zero-order chi connectivity index (χ0) is 25.1. The molecule has 8 heteroatoms. The minimum absolute atomic E-state index is 0.230. The number of halogens is 1. The maximum absolute atomic E-state index is 6.57. The van der Waals surface area contributed by atoms with Crippen LogP contribution in [0.3, 0.4) is 0 Å². The first-order chi connectivity index (χ1) is 17.0. The highest BCUT2D eigenvalue weighted by Gasteiger charge is 2.50. The normalized spacial score (nSPS) is 26.4. The lowest BCUT2D eigenvalue weighted by Gasteiger charge is -2.47. The van der Waals surface area contributed by atoms with Gasteiger partial charge in [0.2, 0.25) is 0 Å². The second-order valence-corrected chi connectivity index (χ2v) is 10.4. The van der Waals surface area contributed by atoms with Crippen LogP contribution >= 0.6 is 27.7 Å². The first-order valence-corrected chi connectivity index (χ1v) is 14.2. The lowest BCUT2D eigenvalue weighted by molar-refractivity contribution is -0.350. The Morgan fingerprint density at radius 2 is 1.46 bits per heavy atom. The van der Waals surface area contributed by atoms with Crippen LogP contribution in [-0.4, -0.2) is 67.5 Å². The van der Waals surface area contributed by atoms with E-state index in [1.54, 1.807) is 26.0 Å². The number of ether oxygens (including phenoxy) is 6. The molecular formula is C27H37BrO6S. The predicted octanol–water partition coefficient (Wildman–Crippen LogP) is 5.42. The van der Waals surface area contributed by atoms with Crippen molar-refractivity contribution in [3.05, 3.63) is 71.8 Å². The maximum Gasteiger partial charge on any atom is 0.186 e. The van der Waals surface area contributed by atoms with E-state index in [0.717, 1.165) is 22.6 Å². The van der Waals surface area contributed by atoms with Crippen molar-refractivity contribution in [1.82, 2.24) is 0 Å². The topological polar surface area (TPSA) is 55.4 Å². The standard InChI is InChI=1S/C27H37BrO6S/c1-5-35-18-22-23(31-16-20-12-8-6-9-13-20)24(32-17-21-14-10-7-11-15-21)25(26(29-3)33-22)34-27(2,19-28)30-4/h6-15,22-26H,5,16-19H2,1-4H3/t22-,23-,24+,25+,26+,27?/m1/s1. The van der Waals surface area contributed by atoms with E-state index in [2.05, 4.69) is 35.0 Å². The van der Waals surface area contributed by atoms with Crippen LogP contribution in [0.15, 0.2) is 60.7 Å². The van der Waals surface area contributed by atoms with E-state index >= 15 is 0 Å². The molecule has 0 amide bonds. The quantitative estimate of drug-likeness (QED) is 0.222. The number of benzene rings is 2. The molecule has 6 atom stereocenters. The third kappa shape index (κ3) is 8.27. The molecule has 3 rings (SSSR count). The molecular weight excluding hydrogens is 532 g/mol. The van der Waals surface area contributed by atoms with Crippen molar-refractivity contribution >= 4 is 27.7 Å². The fraction of sp³-hybridized carbons (Fsp3) is 0.556. The number of methoxy groups -OCH3 is 2. The number of rotatable bonds is 14. The van der Waals surface area contributed by atoms with Crippen molar-refractivity contribution in [1.29, 1.82) is 0 Å². The second-order valence-electron chi connectivity index (χ2n) is 8.51. The van der Waals surface area contributed by atoms with Crippen LogP contribution in [-0.2, 0) is 41.6 Å². The van der Waals surface area contributed by atoms with E-state index in [0.29, 0.717) is 18.5 Å². The smallest absolute Gasteiger partial charge is 0.186 e. The molecule has 1 aliphatic heterocycles. The van der Waals surface area contributed by atoms with Crippen molar-refractivity contribution in [2.24, 2.45) is 0 Å². The van der Waals surface area contributed by atoms with Gasteiger partial charge in [-0.1, -0.05) is 83.5 Å². The second kappa shape index (κ2) is 14.7. The monoisotopic (exact) mass is 568 g/mol. The zero-order valence-corrected chi connectivity index (χ0v) is 23.3. The molecule has 0 aliphatic carbocycles. The van der Waals surface area contributed by atoms with E-state index in [-0.39, 0.29) is 12.2 Å². The molecule has 1 saturated heterocycles. The largest absolute Gasteiger partial charge is 0.368 e. The van der Waals surface area contributed by atoms with Crippen LogP contribution < -0.4 is 0 Å². The van der Waals surface area contributed by atoms with Crippen molar-refractivity contribution in [3.8, 4) is 0 Å². The van der Waals surface area contributed by atoms with Gasteiger partial charge in [-0.3, -0.25) is 0 Å². The molecule has 0 N–H and O–H groups in total. The summed E-state index contributed by atoms with van der Waals surface area (Å²) in [6.45, 7) is 4.87. The maximum atomic E-state index is 6.57. The van der Waals surface area contributed by atoms with E-state index in [1.807, 2.05) is 55.5 Å². The molecule has 1 fully saturated rings. The van der Waals surface area contributed by atoms with Crippen LogP contribution in [0.4, 0.5) is 0 Å². The average molecular weight is 570 g/mol. The van der Waals surface area contributed by atoms with Crippen molar-refractivity contribution in [2.45, 2.75) is 63.6 Å². The number of hydrogen-bond acceptors (Lipinski definition) is 7. The van der Waals surface area contributed by atoms with Crippen molar-refractivity contribution in [2.75, 3.05) is 31.1 Å². The van der Waals surface area contributed by atoms with E-state index in [1.165, 1.54) is 0 Å². The van der Waals surface area contributed by atoms with Gasteiger partial charge in [0.05, 0.1) is 24.6 Å². The van der Waals surface area contributed by atoms with E-state index < -0.39 is 24.3 Å². The van der Waals surface area contributed by atoms with Crippen LogP contribution in [0, 0.1) is 0 Å². The van der Waals surface area contributed by atoms with Gasteiger partial charge in [0.25, 0.3) is 0 Å². The fourth-order valence-electron chi connectivity index (χ4n) is 3.91. The number of alkyl halides is 1. The van der Waals surface area contributed by atoms with Crippen LogP contribution in [0.2, 0.25) is 0 Å². The van der Waals surface area contributed by atoms with Gasteiger partial charge < -0.3 is 28.4 Å². The summed E-state index contributed by atoms with van der Waals surface area (Å²) in [5.41, 5.74) is 2.16. The van der Waals surface area contributed by atoms with Gasteiger partial charge in [0.1, 0.15) is 18.3 Å². The van der Waals surface area contributed by atoms with Crippen LogP contribution in [0.1, 0.15) is 25.0 Å². The molecule has 194 valence electrons. The number of hydrogen-bond donors (Lipinski definition) is 0. The molecule has 1 heterocycles. The van der Waals surface area contributed by atoms with Crippen LogP contribution in [0.25, 0.3) is 0 Å². The van der Waals surface area contributed by atoms with Crippen LogP contribution in [0.5, 0.6) is 0 Å². The molecule has 2 aromatic rings.